The van der Waals surface area contributed by atoms with Crippen molar-refractivity contribution < 1.29 is 4.74 Å². The smallest absolute Gasteiger partial charge is 0.111 e. The highest BCUT2D eigenvalue weighted by Crippen LogP contribution is 2.32. The molecule has 1 aliphatic rings. The molecule has 1 aliphatic heterocycles. The zero-order valence-corrected chi connectivity index (χ0v) is 15.5. The summed E-state index contributed by atoms with van der Waals surface area (Å²) in [4.78, 5) is 4.90. The third kappa shape index (κ3) is 2.75. The maximum atomic E-state index is 5.55. The van der Waals surface area contributed by atoms with E-state index in [1.54, 1.807) is 0 Å². The molecule has 4 aromatic heterocycles. The predicted octanol–water partition coefficient (Wildman–Crippen LogP) is 3.53. The third-order valence-electron chi connectivity index (χ3n) is 5.03. The molecule has 1 N–H and O–H groups in total. The molecule has 0 bridgehead atoms. The van der Waals surface area contributed by atoms with Crippen LogP contribution in [0, 0.1) is 0 Å². The van der Waals surface area contributed by atoms with Gasteiger partial charge in [-0.1, -0.05) is 6.07 Å². The zero-order chi connectivity index (χ0) is 18.4. The minimum Gasteiger partial charge on any atom is -0.379 e. The second-order valence-electron chi connectivity index (χ2n) is 7.27. The molecule has 0 spiro atoms. The minimum absolute atomic E-state index is 0.257. The molecule has 7 nitrogen and oxygen atoms in total. The Kier molecular flexibility index (Phi) is 3.82. The summed E-state index contributed by atoms with van der Waals surface area (Å²) in [6.45, 7) is 5.80. The average molecular weight is 362 g/mol. The summed E-state index contributed by atoms with van der Waals surface area (Å²) in [5, 5.41) is 12.7. The van der Waals surface area contributed by atoms with Crippen molar-refractivity contribution in [2.24, 2.45) is 0 Å². The average Bonchev–Trinajstić information content (AvgIpc) is 3.40. The number of nitrogens with zero attached hydrogens (tertiary/aromatic N) is 5. The van der Waals surface area contributed by atoms with Crippen LogP contribution in [0.4, 0.5) is 5.69 Å². The summed E-state index contributed by atoms with van der Waals surface area (Å²) >= 11 is 0. The molecule has 5 heterocycles. The number of aromatic nitrogens is 5. The van der Waals surface area contributed by atoms with Crippen molar-refractivity contribution in [2.45, 2.75) is 32.4 Å². The van der Waals surface area contributed by atoms with Crippen LogP contribution < -0.4 is 5.32 Å². The number of hydrogen-bond donors (Lipinski definition) is 1. The van der Waals surface area contributed by atoms with Gasteiger partial charge in [0.05, 0.1) is 41.9 Å². The second-order valence-corrected chi connectivity index (χ2v) is 7.27. The molecule has 0 saturated carbocycles. The Labute approximate surface area is 157 Å². The van der Waals surface area contributed by atoms with Gasteiger partial charge in [-0.25, -0.2) is 9.50 Å². The van der Waals surface area contributed by atoms with Gasteiger partial charge in [0.1, 0.15) is 11.0 Å². The number of rotatable bonds is 4. The van der Waals surface area contributed by atoms with Crippen molar-refractivity contribution in [3.05, 3.63) is 42.9 Å². The molecule has 1 saturated heterocycles. The highest BCUT2D eigenvalue weighted by atomic mass is 16.5. The molecule has 0 aromatic carbocycles. The number of ether oxygens (including phenoxy) is 1. The first-order valence-electron chi connectivity index (χ1n) is 9.36. The van der Waals surface area contributed by atoms with Crippen LogP contribution in [0.1, 0.15) is 26.3 Å². The Bertz CT molecular complexity index is 1110. The van der Waals surface area contributed by atoms with E-state index in [2.05, 4.69) is 41.5 Å². The lowest BCUT2D eigenvalue weighted by Gasteiger charge is -2.17. The Hall–Kier alpha value is -2.93. The molecule has 7 heteroatoms. The fourth-order valence-electron chi connectivity index (χ4n) is 3.70. The van der Waals surface area contributed by atoms with Crippen molar-refractivity contribution >= 4 is 22.2 Å². The second kappa shape index (κ2) is 6.35. The van der Waals surface area contributed by atoms with Gasteiger partial charge in [-0.15, -0.1) is 0 Å². The topological polar surface area (TPSA) is 69.3 Å². The van der Waals surface area contributed by atoms with Crippen molar-refractivity contribution in [3.8, 4) is 11.3 Å². The Morgan fingerprint density at radius 1 is 1.22 bits per heavy atom. The molecule has 0 unspecified atom stereocenters. The molecular weight excluding hydrogens is 340 g/mol. The van der Waals surface area contributed by atoms with E-state index in [-0.39, 0.29) is 6.04 Å². The van der Waals surface area contributed by atoms with Crippen molar-refractivity contribution in [1.82, 2.24) is 24.4 Å². The first kappa shape index (κ1) is 16.3. The first-order valence-corrected chi connectivity index (χ1v) is 9.36. The van der Waals surface area contributed by atoms with Gasteiger partial charge >= 0.3 is 0 Å². The van der Waals surface area contributed by atoms with Crippen LogP contribution in [-0.2, 0) is 4.74 Å². The fourth-order valence-corrected chi connectivity index (χ4v) is 3.70. The predicted molar refractivity (Wildman–Crippen MR) is 105 cm³/mol. The van der Waals surface area contributed by atoms with Gasteiger partial charge in [-0.2, -0.15) is 10.2 Å². The van der Waals surface area contributed by atoms with Crippen LogP contribution in [0.5, 0.6) is 0 Å². The first-order chi connectivity index (χ1) is 13.2. The maximum Gasteiger partial charge on any atom is 0.111 e. The van der Waals surface area contributed by atoms with E-state index >= 15 is 0 Å². The van der Waals surface area contributed by atoms with Crippen LogP contribution >= 0.6 is 0 Å². The summed E-state index contributed by atoms with van der Waals surface area (Å²) < 4.78 is 9.45. The lowest BCUT2D eigenvalue weighted by atomic mass is 10.1. The van der Waals surface area contributed by atoms with E-state index in [0.29, 0.717) is 6.04 Å². The number of anilines is 1. The maximum absolute atomic E-state index is 5.55. The van der Waals surface area contributed by atoms with E-state index in [1.165, 1.54) is 0 Å². The normalized spacial score (nSPS) is 17.4. The Balaban J connectivity index is 1.69. The summed E-state index contributed by atoms with van der Waals surface area (Å²) in [7, 11) is 0. The van der Waals surface area contributed by atoms with Crippen LogP contribution in [-0.4, -0.2) is 43.6 Å². The minimum atomic E-state index is 0.257. The molecule has 1 atom stereocenters. The summed E-state index contributed by atoms with van der Waals surface area (Å²) in [5.41, 5.74) is 5.92. The SMILES string of the molecule is CC(C)n1ncc2nc(-c3cnn4ccccc34)cc(N[C@@H]3CCOC3)c21. The zero-order valence-electron chi connectivity index (χ0n) is 15.5. The molecule has 0 radical (unpaired) electrons. The van der Waals surface area contributed by atoms with Gasteiger partial charge in [0.25, 0.3) is 0 Å². The van der Waals surface area contributed by atoms with Crippen LogP contribution in [0.3, 0.4) is 0 Å². The van der Waals surface area contributed by atoms with Gasteiger partial charge in [-0.3, -0.25) is 4.68 Å². The van der Waals surface area contributed by atoms with Gasteiger partial charge in [0.2, 0.25) is 0 Å². The molecule has 1 fully saturated rings. The van der Waals surface area contributed by atoms with E-state index in [4.69, 9.17) is 9.72 Å². The quantitative estimate of drug-likeness (QED) is 0.601. The van der Waals surface area contributed by atoms with Crippen LogP contribution in [0.15, 0.2) is 42.9 Å². The molecule has 5 rings (SSSR count). The molecule has 0 aliphatic carbocycles. The summed E-state index contributed by atoms with van der Waals surface area (Å²) in [5.74, 6) is 0. The van der Waals surface area contributed by atoms with Gasteiger partial charge < -0.3 is 10.1 Å². The van der Waals surface area contributed by atoms with Crippen LogP contribution in [0.25, 0.3) is 27.8 Å². The lowest BCUT2D eigenvalue weighted by Crippen LogP contribution is -2.20. The Morgan fingerprint density at radius 2 is 2.15 bits per heavy atom. The number of nitrogens with one attached hydrogen (secondary N) is 1. The molecule has 0 amide bonds. The van der Waals surface area contributed by atoms with E-state index in [9.17, 15) is 0 Å². The molecule has 4 aromatic rings. The van der Waals surface area contributed by atoms with Gasteiger partial charge in [0.15, 0.2) is 0 Å². The number of fused-ring (bicyclic) bond motifs is 2. The highest BCUT2D eigenvalue weighted by molar-refractivity contribution is 5.93. The monoisotopic (exact) mass is 362 g/mol. The van der Waals surface area contributed by atoms with Crippen molar-refractivity contribution in [1.29, 1.82) is 0 Å². The van der Waals surface area contributed by atoms with Crippen molar-refractivity contribution in [3.63, 3.8) is 0 Å². The van der Waals surface area contributed by atoms with E-state index in [1.807, 2.05) is 39.9 Å². The van der Waals surface area contributed by atoms with E-state index in [0.717, 1.165) is 53.1 Å². The largest absolute Gasteiger partial charge is 0.379 e. The van der Waals surface area contributed by atoms with Crippen LogP contribution in [0.2, 0.25) is 0 Å². The van der Waals surface area contributed by atoms with Gasteiger partial charge in [0, 0.05) is 24.4 Å². The van der Waals surface area contributed by atoms with Crippen molar-refractivity contribution in [2.75, 3.05) is 18.5 Å². The molecular formula is C20H22N6O. The highest BCUT2D eigenvalue weighted by Gasteiger charge is 2.21. The standard InChI is InChI=1S/C20H22N6O/c1-13(2)26-20-17(23-14-6-8-27-12-14)9-16(24-18(20)11-22-26)15-10-21-25-7-4-3-5-19(15)25/h3-5,7,9-11,13-14H,6,8,12H2,1-2H3,(H,23,24)/t14-/m1/s1. The molecule has 138 valence electrons. The Morgan fingerprint density at radius 3 is 2.96 bits per heavy atom. The fraction of sp³-hybridized carbons (Fsp3) is 0.350. The number of hydrogen-bond acceptors (Lipinski definition) is 5. The lowest BCUT2D eigenvalue weighted by molar-refractivity contribution is 0.195. The number of pyridine rings is 2. The van der Waals surface area contributed by atoms with E-state index < -0.39 is 0 Å². The molecule has 27 heavy (non-hydrogen) atoms. The summed E-state index contributed by atoms with van der Waals surface area (Å²) in [6, 6.07) is 8.73. The summed E-state index contributed by atoms with van der Waals surface area (Å²) in [6.07, 6.45) is 6.68. The van der Waals surface area contributed by atoms with Gasteiger partial charge in [-0.05, 0) is 38.5 Å². The third-order valence-corrected chi connectivity index (χ3v) is 5.03.